The van der Waals surface area contributed by atoms with Crippen LogP contribution in [0.1, 0.15) is 5.69 Å². The molecule has 4 heteroatoms. The molecule has 3 rings (SSSR count). The molecule has 0 unspecified atom stereocenters. The van der Waals surface area contributed by atoms with E-state index in [1.165, 1.54) is 0 Å². The lowest BCUT2D eigenvalue weighted by molar-refractivity contribution is 0.413. The molecule has 1 heterocycles. The standard InChI is InChI=1S/C17H16N2O2/c1-20-13-6-8-14(9-7-13)21-17-10-12(11-18)19-16-5-3-2-4-15(16)17/h2-10H,11,18H2,1H3. The molecule has 0 radical (unpaired) electrons. The summed E-state index contributed by atoms with van der Waals surface area (Å²) in [5, 5.41) is 0.963. The van der Waals surface area contributed by atoms with Crippen molar-refractivity contribution in [2.24, 2.45) is 5.73 Å². The molecule has 106 valence electrons. The number of rotatable bonds is 4. The van der Waals surface area contributed by atoms with Crippen molar-refractivity contribution in [1.82, 2.24) is 4.98 Å². The maximum absolute atomic E-state index is 5.98. The number of benzene rings is 2. The largest absolute Gasteiger partial charge is 0.497 e. The van der Waals surface area contributed by atoms with E-state index < -0.39 is 0 Å². The van der Waals surface area contributed by atoms with Crippen LogP contribution in [0.25, 0.3) is 10.9 Å². The van der Waals surface area contributed by atoms with Gasteiger partial charge in [-0.25, -0.2) is 0 Å². The summed E-state index contributed by atoms with van der Waals surface area (Å²) >= 11 is 0. The summed E-state index contributed by atoms with van der Waals surface area (Å²) in [5.74, 6) is 2.30. The van der Waals surface area contributed by atoms with Crippen LogP contribution in [0.4, 0.5) is 0 Å². The smallest absolute Gasteiger partial charge is 0.138 e. The predicted molar refractivity (Wildman–Crippen MR) is 82.7 cm³/mol. The Morgan fingerprint density at radius 1 is 1.00 bits per heavy atom. The van der Waals surface area contributed by atoms with E-state index in [-0.39, 0.29) is 0 Å². The Balaban J connectivity index is 2.01. The van der Waals surface area contributed by atoms with E-state index >= 15 is 0 Å². The normalized spacial score (nSPS) is 10.6. The second-order valence-electron chi connectivity index (χ2n) is 4.61. The highest BCUT2D eigenvalue weighted by Gasteiger charge is 2.07. The van der Waals surface area contributed by atoms with Crippen LogP contribution in [0.5, 0.6) is 17.2 Å². The van der Waals surface area contributed by atoms with E-state index in [4.69, 9.17) is 15.2 Å². The minimum atomic E-state index is 0.379. The molecule has 0 aliphatic carbocycles. The first-order valence-electron chi connectivity index (χ1n) is 6.71. The van der Waals surface area contributed by atoms with Gasteiger partial charge in [-0.15, -0.1) is 0 Å². The number of aromatic nitrogens is 1. The molecule has 3 aromatic rings. The van der Waals surface area contributed by atoms with Crippen LogP contribution in [0.15, 0.2) is 54.6 Å². The van der Waals surface area contributed by atoms with Gasteiger partial charge in [-0.05, 0) is 36.4 Å². The monoisotopic (exact) mass is 280 g/mol. The van der Waals surface area contributed by atoms with E-state index in [0.717, 1.165) is 33.8 Å². The molecule has 0 saturated heterocycles. The van der Waals surface area contributed by atoms with Gasteiger partial charge in [-0.2, -0.15) is 0 Å². The Bertz CT molecular complexity index is 754. The second kappa shape index (κ2) is 5.81. The van der Waals surface area contributed by atoms with Crippen molar-refractivity contribution in [2.45, 2.75) is 6.54 Å². The minimum absolute atomic E-state index is 0.379. The summed E-state index contributed by atoms with van der Waals surface area (Å²) in [6.45, 7) is 0.379. The van der Waals surface area contributed by atoms with Gasteiger partial charge in [-0.1, -0.05) is 12.1 Å². The van der Waals surface area contributed by atoms with Gasteiger partial charge in [0.25, 0.3) is 0 Å². The summed E-state index contributed by atoms with van der Waals surface area (Å²) in [5.41, 5.74) is 7.39. The minimum Gasteiger partial charge on any atom is -0.497 e. The molecule has 0 spiro atoms. The van der Waals surface area contributed by atoms with Crippen LogP contribution in [-0.2, 0) is 6.54 Å². The van der Waals surface area contributed by atoms with Gasteiger partial charge in [0.15, 0.2) is 0 Å². The van der Waals surface area contributed by atoms with E-state index in [2.05, 4.69) is 4.98 Å². The fourth-order valence-electron chi connectivity index (χ4n) is 2.16. The number of nitrogens with zero attached hydrogens (tertiary/aromatic N) is 1. The number of fused-ring (bicyclic) bond motifs is 1. The third-order valence-corrected chi connectivity index (χ3v) is 3.23. The first kappa shape index (κ1) is 13.4. The van der Waals surface area contributed by atoms with Crippen LogP contribution >= 0.6 is 0 Å². The number of pyridine rings is 1. The molecule has 2 N–H and O–H groups in total. The fraction of sp³-hybridized carbons (Fsp3) is 0.118. The molecule has 0 bridgehead atoms. The van der Waals surface area contributed by atoms with Gasteiger partial charge in [-0.3, -0.25) is 4.98 Å². The maximum Gasteiger partial charge on any atom is 0.138 e. The number of ether oxygens (including phenoxy) is 2. The molecule has 0 saturated carbocycles. The van der Waals surface area contributed by atoms with Gasteiger partial charge in [0.2, 0.25) is 0 Å². The van der Waals surface area contributed by atoms with E-state index in [0.29, 0.717) is 6.54 Å². The predicted octanol–water partition coefficient (Wildman–Crippen LogP) is 3.49. The number of hydrogen-bond acceptors (Lipinski definition) is 4. The molecule has 2 aromatic carbocycles. The third-order valence-electron chi connectivity index (χ3n) is 3.23. The van der Waals surface area contributed by atoms with Gasteiger partial charge in [0.05, 0.1) is 18.3 Å². The van der Waals surface area contributed by atoms with Crippen molar-refractivity contribution < 1.29 is 9.47 Å². The number of methoxy groups -OCH3 is 1. The molecule has 0 atom stereocenters. The van der Waals surface area contributed by atoms with Crippen LogP contribution in [-0.4, -0.2) is 12.1 Å². The van der Waals surface area contributed by atoms with Gasteiger partial charge < -0.3 is 15.2 Å². The Labute approximate surface area is 123 Å². The average Bonchev–Trinajstić information content (AvgIpc) is 2.55. The molecule has 0 aliphatic rings. The zero-order valence-electron chi connectivity index (χ0n) is 11.7. The summed E-state index contributed by atoms with van der Waals surface area (Å²) < 4.78 is 11.1. The first-order chi connectivity index (χ1) is 10.3. The Hall–Kier alpha value is -2.59. The van der Waals surface area contributed by atoms with E-state index in [1.54, 1.807) is 7.11 Å². The van der Waals surface area contributed by atoms with Gasteiger partial charge >= 0.3 is 0 Å². The summed E-state index contributed by atoms with van der Waals surface area (Å²) in [4.78, 5) is 4.50. The lowest BCUT2D eigenvalue weighted by atomic mass is 10.2. The quantitative estimate of drug-likeness (QED) is 0.794. The molecule has 4 nitrogen and oxygen atoms in total. The molecule has 1 aromatic heterocycles. The van der Waals surface area contributed by atoms with Crippen molar-refractivity contribution in [1.29, 1.82) is 0 Å². The Morgan fingerprint density at radius 2 is 1.71 bits per heavy atom. The lowest BCUT2D eigenvalue weighted by Gasteiger charge is -2.11. The zero-order valence-corrected chi connectivity index (χ0v) is 11.7. The Morgan fingerprint density at radius 3 is 2.43 bits per heavy atom. The Kier molecular flexibility index (Phi) is 3.71. The maximum atomic E-state index is 5.98. The van der Waals surface area contributed by atoms with E-state index in [1.807, 2.05) is 54.6 Å². The van der Waals surface area contributed by atoms with Crippen molar-refractivity contribution >= 4 is 10.9 Å². The average molecular weight is 280 g/mol. The second-order valence-corrected chi connectivity index (χ2v) is 4.61. The summed E-state index contributed by atoms with van der Waals surface area (Å²) in [6, 6.07) is 17.2. The molecule has 0 fully saturated rings. The van der Waals surface area contributed by atoms with Crippen molar-refractivity contribution in [2.75, 3.05) is 7.11 Å². The van der Waals surface area contributed by atoms with Crippen LogP contribution in [0.3, 0.4) is 0 Å². The van der Waals surface area contributed by atoms with Crippen LogP contribution in [0, 0.1) is 0 Å². The first-order valence-corrected chi connectivity index (χ1v) is 6.71. The number of nitrogens with two attached hydrogens (primary N) is 1. The molecule has 0 aliphatic heterocycles. The van der Waals surface area contributed by atoms with Gasteiger partial charge in [0, 0.05) is 18.0 Å². The van der Waals surface area contributed by atoms with Crippen LogP contribution in [0.2, 0.25) is 0 Å². The topological polar surface area (TPSA) is 57.4 Å². The highest BCUT2D eigenvalue weighted by Crippen LogP contribution is 2.30. The molecule has 21 heavy (non-hydrogen) atoms. The number of para-hydroxylation sites is 1. The fourth-order valence-corrected chi connectivity index (χ4v) is 2.16. The van der Waals surface area contributed by atoms with Crippen LogP contribution < -0.4 is 15.2 Å². The van der Waals surface area contributed by atoms with Crippen molar-refractivity contribution in [3.05, 3.63) is 60.3 Å². The van der Waals surface area contributed by atoms with Crippen molar-refractivity contribution in [3.8, 4) is 17.2 Å². The molecular weight excluding hydrogens is 264 g/mol. The highest BCUT2D eigenvalue weighted by atomic mass is 16.5. The summed E-state index contributed by atoms with van der Waals surface area (Å²) in [6.07, 6.45) is 0. The lowest BCUT2D eigenvalue weighted by Crippen LogP contribution is -2.00. The third kappa shape index (κ3) is 2.80. The van der Waals surface area contributed by atoms with E-state index in [9.17, 15) is 0 Å². The van der Waals surface area contributed by atoms with Crippen molar-refractivity contribution in [3.63, 3.8) is 0 Å². The molecular formula is C17H16N2O2. The highest BCUT2D eigenvalue weighted by molar-refractivity contribution is 5.85. The zero-order chi connectivity index (χ0) is 14.7. The number of hydrogen-bond donors (Lipinski definition) is 1. The molecule has 0 amide bonds. The summed E-state index contributed by atoms with van der Waals surface area (Å²) in [7, 11) is 1.64. The SMILES string of the molecule is COc1ccc(Oc2cc(CN)nc3ccccc23)cc1. The van der Waals surface area contributed by atoms with Gasteiger partial charge in [0.1, 0.15) is 17.2 Å².